The number of carbonyl (C=O) groups excluding carboxylic acids is 2. The number of piperazine rings is 1. The second kappa shape index (κ2) is 10.4. The number of Topliss-reactive ketones (excluding diaryl/α,β-unsaturated/α-hetero) is 1. The predicted octanol–water partition coefficient (Wildman–Crippen LogP) is 2.63. The van der Waals surface area contributed by atoms with Crippen LogP contribution in [0.4, 0.5) is 5.69 Å². The van der Waals surface area contributed by atoms with Crippen molar-refractivity contribution in [3.05, 3.63) is 59.7 Å². The van der Waals surface area contributed by atoms with E-state index in [1.807, 2.05) is 12.1 Å². The van der Waals surface area contributed by atoms with Crippen LogP contribution >= 0.6 is 0 Å². The van der Waals surface area contributed by atoms with Crippen LogP contribution in [0, 0.1) is 0 Å². The fourth-order valence-corrected chi connectivity index (χ4v) is 3.73. The van der Waals surface area contributed by atoms with Crippen LogP contribution < -0.4 is 9.64 Å². The number of benzene rings is 2. The van der Waals surface area contributed by atoms with E-state index in [0.717, 1.165) is 25.3 Å². The minimum absolute atomic E-state index is 0.0131. The van der Waals surface area contributed by atoms with Gasteiger partial charge in [-0.05, 0) is 62.4 Å². The van der Waals surface area contributed by atoms with E-state index in [0.29, 0.717) is 23.4 Å². The molecule has 0 bridgehead atoms. The van der Waals surface area contributed by atoms with E-state index in [2.05, 4.69) is 16.7 Å². The van der Waals surface area contributed by atoms with Crippen LogP contribution in [0.25, 0.3) is 0 Å². The number of rotatable bonds is 8. The minimum Gasteiger partial charge on any atom is -0.491 e. The molecule has 2 atom stereocenters. The molecule has 1 fully saturated rings. The molecule has 2 aromatic rings. The van der Waals surface area contributed by atoms with Gasteiger partial charge in [0.25, 0.3) is 0 Å². The maximum absolute atomic E-state index is 11.6. The molecule has 0 amide bonds. The summed E-state index contributed by atoms with van der Waals surface area (Å²) in [5.41, 5.74) is 2.24. The van der Waals surface area contributed by atoms with E-state index in [4.69, 9.17) is 9.47 Å². The number of β-amino-alcohol motifs (C(OH)–C–C–N with tert-alkyl or cyclic N) is 1. The summed E-state index contributed by atoms with van der Waals surface area (Å²) >= 11 is 0. The van der Waals surface area contributed by atoms with Crippen molar-refractivity contribution in [3.8, 4) is 5.75 Å². The Morgan fingerprint density at radius 2 is 1.71 bits per heavy atom. The lowest BCUT2D eigenvalue weighted by Gasteiger charge is -2.41. The van der Waals surface area contributed by atoms with Gasteiger partial charge >= 0.3 is 5.97 Å². The van der Waals surface area contributed by atoms with Crippen LogP contribution in [0.1, 0.15) is 34.6 Å². The largest absolute Gasteiger partial charge is 0.491 e. The summed E-state index contributed by atoms with van der Waals surface area (Å²) in [6.45, 7) is 6.88. The molecule has 0 radical (unpaired) electrons. The van der Waals surface area contributed by atoms with Crippen molar-refractivity contribution >= 4 is 17.4 Å². The molecule has 0 saturated carbocycles. The molecular formula is C24H30N2O5. The summed E-state index contributed by atoms with van der Waals surface area (Å²) in [6, 6.07) is 14.6. The molecule has 0 aromatic heterocycles. The second-order valence-electron chi connectivity index (χ2n) is 7.87. The number of carbonyl (C=O) groups is 2. The number of aliphatic hydroxyl groups excluding tert-OH is 1. The Kier molecular flexibility index (Phi) is 7.65. The molecule has 2 unspecified atom stereocenters. The van der Waals surface area contributed by atoms with Crippen molar-refractivity contribution in [2.75, 3.05) is 44.8 Å². The standard InChI is InChI=1S/C24H30N2O5/c1-17-14-26(21-8-4-20(5-9-21)24(29)30-3)13-12-25(17)15-22(28)16-31-23-10-6-19(7-11-23)18(2)27/h4-11,17,22,28H,12-16H2,1-3H3. The van der Waals surface area contributed by atoms with Gasteiger partial charge < -0.3 is 19.5 Å². The number of ether oxygens (including phenoxy) is 2. The van der Waals surface area contributed by atoms with Crippen LogP contribution in [0.3, 0.4) is 0 Å². The third-order valence-corrected chi connectivity index (χ3v) is 5.57. The zero-order chi connectivity index (χ0) is 22.4. The lowest BCUT2D eigenvalue weighted by molar-refractivity contribution is 0.0512. The Hall–Kier alpha value is -2.90. The molecule has 0 spiro atoms. The van der Waals surface area contributed by atoms with E-state index in [1.54, 1.807) is 36.4 Å². The van der Waals surface area contributed by atoms with Crippen LogP contribution in [-0.4, -0.2) is 73.8 Å². The molecule has 2 aromatic carbocycles. The molecule has 0 aliphatic carbocycles. The highest BCUT2D eigenvalue weighted by Gasteiger charge is 2.26. The summed E-state index contributed by atoms with van der Waals surface area (Å²) in [5.74, 6) is 0.312. The molecule has 1 aliphatic rings. The van der Waals surface area contributed by atoms with Crippen LogP contribution in [-0.2, 0) is 4.74 Å². The van der Waals surface area contributed by atoms with E-state index >= 15 is 0 Å². The van der Waals surface area contributed by atoms with Crippen molar-refractivity contribution in [1.82, 2.24) is 4.90 Å². The van der Waals surface area contributed by atoms with Gasteiger partial charge in [0.15, 0.2) is 5.78 Å². The Labute approximate surface area is 183 Å². The first-order valence-electron chi connectivity index (χ1n) is 10.5. The Morgan fingerprint density at radius 1 is 1.06 bits per heavy atom. The van der Waals surface area contributed by atoms with Gasteiger partial charge in [-0.15, -0.1) is 0 Å². The summed E-state index contributed by atoms with van der Waals surface area (Å²) in [6.07, 6.45) is -0.610. The number of nitrogens with zero attached hydrogens (tertiary/aromatic N) is 2. The number of aliphatic hydroxyl groups is 1. The first-order valence-corrected chi connectivity index (χ1v) is 10.5. The minimum atomic E-state index is -0.610. The lowest BCUT2D eigenvalue weighted by Crippen LogP contribution is -2.54. The molecule has 166 valence electrons. The van der Waals surface area contributed by atoms with Gasteiger partial charge in [-0.25, -0.2) is 4.79 Å². The van der Waals surface area contributed by atoms with Crippen molar-refractivity contribution in [2.45, 2.75) is 26.0 Å². The third kappa shape index (κ3) is 6.06. The van der Waals surface area contributed by atoms with E-state index < -0.39 is 6.10 Å². The smallest absolute Gasteiger partial charge is 0.337 e. The van der Waals surface area contributed by atoms with Gasteiger partial charge in [-0.3, -0.25) is 9.69 Å². The lowest BCUT2D eigenvalue weighted by atomic mass is 10.1. The Morgan fingerprint density at radius 3 is 2.29 bits per heavy atom. The number of hydrogen-bond donors (Lipinski definition) is 1. The predicted molar refractivity (Wildman–Crippen MR) is 119 cm³/mol. The zero-order valence-corrected chi connectivity index (χ0v) is 18.3. The highest BCUT2D eigenvalue weighted by molar-refractivity contribution is 5.94. The van der Waals surface area contributed by atoms with E-state index in [9.17, 15) is 14.7 Å². The summed E-state index contributed by atoms with van der Waals surface area (Å²) < 4.78 is 10.4. The summed E-state index contributed by atoms with van der Waals surface area (Å²) in [5, 5.41) is 10.4. The number of hydrogen-bond acceptors (Lipinski definition) is 7. The highest BCUT2D eigenvalue weighted by Crippen LogP contribution is 2.21. The zero-order valence-electron chi connectivity index (χ0n) is 18.3. The normalized spacial score (nSPS) is 17.8. The van der Waals surface area contributed by atoms with Gasteiger partial charge in [0, 0.05) is 43.5 Å². The number of anilines is 1. The molecule has 31 heavy (non-hydrogen) atoms. The first-order chi connectivity index (χ1) is 14.9. The fraction of sp³-hybridized carbons (Fsp3) is 0.417. The fourth-order valence-electron chi connectivity index (χ4n) is 3.73. The quantitative estimate of drug-likeness (QED) is 0.513. The average molecular weight is 427 g/mol. The Bertz CT molecular complexity index is 882. The van der Waals surface area contributed by atoms with Gasteiger partial charge in [-0.2, -0.15) is 0 Å². The van der Waals surface area contributed by atoms with Crippen molar-refractivity contribution in [3.63, 3.8) is 0 Å². The number of esters is 1. The molecule has 1 saturated heterocycles. The van der Waals surface area contributed by atoms with Gasteiger partial charge in [0.2, 0.25) is 0 Å². The average Bonchev–Trinajstić information content (AvgIpc) is 2.79. The number of methoxy groups -OCH3 is 1. The van der Waals surface area contributed by atoms with Gasteiger partial charge in [-0.1, -0.05) is 0 Å². The molecule has 1 N–H and O–H groups in total. The molecule has 3 rings (SSSR count). The first kappa shape index (κ1) is 22.8. The summed E-state index contributed by atoms with van der Waals surface area (Å²) in [4.78, 5) is 27.5. The monoisotopic (exact) mass is 426 g/mol. The van der Waals surface area contributed by atoms with Crippen LogP contribution in [0.2, 0.25) is 0 Å². The second-order valence-corrected chi connectivity index (χ2v) is 7.87. The maximum Gasteiger partial charge on any atom is 0.337 e. The Balaban J connectivity index is 1.47. The van der Waals surface area contributed by atoms with Crippen LogP contribution in [0.15, 0.2) is 48.5 Å². The van der Waals surface area contributed by atoms with Crippen LogP contribution in [0.5, 0.6) is 5.75 Å². The molecular weight excluding hydrogens is 396 g/mol. The third-order valence-electron chi connectivity index (χ3n) is 5.57. The van der Waals surface area contributed by atoms with Crippen molar-refractivity contribution in [1.29, 1.82) is 0 Å². The van der Waals surface area contributed by atoms with E-state index in [-0.39, 0.29) is 24.4 Å². The van der Waals surface area contributed by atoms with Gasteiger partial charge in [0.1, 0.15) is 18.5 Å². The van der Waals surface area contributed by atoms with Crippen molar-refractivity contribution in [2.24, 2.45) is 0 Å². The molecule has 7 heteroatoms. The van der Waals surface area contributed by atoms with E-state index in [1.165, 1.54) is 14.0 Å². The maximum atomic E-state index is 11.6. The number of ketones is 1. The molecule has 1 aliphatic heterocycles. The molecule has 7 nitrogen and oxygen atoms in total. The SMILES string of the molecule is COC(=O)c1ccc(N2CCN(CC(O)COc3ccc(C(C)=O)cc3)C(C)C2)cc1. The topological polar surface area (TPSA) is 79.3 Å². The van der Waals surface area contributed by atoms with Crippen molar-refractivity contribution < 1.29 is 24.2 Å². The highest BCUT2D eigenvalue weighted by atomic mass is 16.5. The molecule has 1 heterocycles. The van der Waals surface area contributed by atoms with Gasteiger partial charge in [0.05, 0.1) is 12.7 Å². The summed E-state index contributed by atoms with van der Waals surface area (Å²) in [7, 11) is 1.38.